The van der Waals surface area contributed by atoms with Crippen LogP contribution in [-0.4, -0.2) is 35.1 Å². The molecular weight excluding hydrogens is 336 g/mol. The molecule has 0 radical (unpaired) electrons. The fourth-order valence-corrected chi connectivity index (χ4v) is 5.02. The largest absolute Gasteiger partial charge is 0.272 e. The minimum absolute atomic E-state index is 0.155. The third-order valence-corrected chi connectivity index (χ3v) is 6.62. The zero-order chi connectivity index (χ0) is 17.5. The Morgan fingerprint density at radius 2 is 2.08 bits per heavy atom. The summed E-state index contributed by atoms with van der Waals surface area (Å²) >= 11 is 0. The molecule has 2 aromatic rings. The van der Waals surface area contributed by atoms with Crippen LogP contribution in [0, 0.1) is 18.6 Å². The average molecular weight is 355 g/mol. The summed E-state index contributed by atoms with van der Waals surface area (Å²) in [5, 5.41) is 3.99. The zero-order valence-corrected chi connectivity index (χ0v) is 14.4. The molecule has 1 aliphatic rings. The molecule has 1 aliphatic heterocycles. The highest BCUT2D eigenvalue weighted by Gasteiger charge is 2.37. The molecule has 0 amide bonds. The summed E-state index contributed by atoms with van der Waals surface area (Å²) in [6.07, 6.45) is 2.81. The normalized spacial score (nSPS) is 19.1. The van der Waals surface area contributed by atoms with E-state index in [9.17, 15) is 17.2 Å². The van der Waals surface area contributed by atoms with Gasteiger partial charge >= 0.3 is 0 Å². The number of hydrogen-bond donors (Lipinski definition) is 0. The minimum Gasteiger partial charge on any atom is -0.272 e. The summed E-state index contributed by atoms with van der Waals surface area (Å²) < 4.78 is 56.0. The van der Waals surface area contributed by atoms with Crippen LogP contribution in [0.4, 0.5) is 8.78 Å². The van der Waals surface area contributed by atoms with Crippen LogP contribution in [0.1, 0.15) is 24.1 Å². The van der Waals surface area contributed by atoms with Gasteiger partial charge in [-0.3, -0.25) is 4.68 Å². The van der Waals surface area contributed by atoms with Gasteiger partial charge in [0.25, 0.3) is 0 Å². The molecule has 2 heterocycles. The maximum Gasteiger partial charge on any atom is 0.246 e. The van der Waals surface area contributed by atoms with Gasteiger partial charge in [-0.2, -0.15) is 9.40 Å². The molecule has 1 unspecified atom stereocenters. The van der Waals surface area contributed by atoms with E-state index in [1.807, 2.05) is 0 Å². The molecule has 0 N–H and O–H groups in total. The number of hydrogen-bond acceptors (Lipinski definition) is 3. The Kier molecular flexibility index (Phi) is 4.44. The highest BCUT2D eigenvalue weighted by atomic mass is 32.2. The predicted molar refractivity (Wildman–Crippen MR) is 84.9 cm³/mol. The van der Waals surface area contributed by atoms with Crippen LogP contribution >= 0.6 is 0 Å². The van der Waals surface area contributed by atoms with Gasteiger partial charge in [-0.15, -0.1) is 0 Å². The molecule has 1 aromatic heterocycles. The van der Waals surface area contributed by atoms with Crippen molar-refractivity contribution in [2.24, 2.45) is 7.05 Å². The second kappa shape index (κ2) is 6.25. The van der Waals surface area contributed by atoms with E-state index in [-0.39, 0.29) is 22.9 Å². The number of aromatic nitrogens is 2. The van der Waals surface area contributed by atoms with Gasteiger partial charge in [0.2, 0.25) is 10.0 Å². The minimum atomic E-state index is -3.71. The fraction of sp³-hybridized carbons (Fsp3) is 0.438. The second-order valence-corrected chi connectivity index (χ2v) is 7.93. The Morgan fingerprint density at radius 3 is 2.75 bits per heavy atom. The van der Waals surface area contributed by atoms with Crippen LogP contribution in [0.3, 0.4) is 0 Å². The van der Waals surface area contributed by atoms with E-state index in [1.165, 1.54) is 15.2 Å². The van der Waals surface area contributed by atoms with Gasteiger partial charge in [-0.25, -0.2) is 17.2 Å². The van der Waals surface area contributed by atoms with Crippen molar-refractivity contribution in [3.63, 3.8) is 0 Å². The smallest absolute Gasteiger partial charge is 0.246 e. The average Bonchev–Trinajstić information content (AvgIpc) is 3.11. The van der Waals surface area contributed by atoms with Gasteiger partial charge in [-0.1, -0.05) is 0 Å². The van der Waals surface area contributed by atoms with Crippen molar-refractivity contribution >= 4 is 10.0 Å². The Hall–Kier alpha value is -1.80. The first-order chi connectivity index (χ1) is 11.3. The summed E-state index contributed by atoms with van der Waals surface area (Å²) in [5.41, 5.74) is 0.752. The quantitative estimate of drug-likeness (QED) is 0.846. The van der Waals surface area contributed by atoms with Crippen molar-refractivity contribution in [1.29, 1.82) is 0 Å². The van der Waals surface area contributed by atoms with Crippen molar-refractivity contribution in [2.45, 2.75) is 37.1 Å². The van der Waals surface area contributed by atoms with Crippen molar-refractivity contribution in [3.8, 4) is 0 Å². The van der Waals surface area contributed by atoms with E-state index in [0.29, 0.717) is 25.1 Å². The summed E-state index contributed by atoms with van der Waals surface area (Å²) in [5.74, 6) is -1.04. The molecule has 8 heteroatoms. The monoisotopic (exact) mass is 355 g/mol. The highest BCUT2D eigenvalue weighted by Crippen LogP contribution is 2.30. The van der Waals surface area contributed by atoms with Crippen LogP contribution in [0.25, 0.3) is 0 Å². The third kappa shape index (κ3) is 2.95. The molecule has 130 valence electrons. The summed E-state index contributed by atoms with van der Waals surface area (Å²) in [7, 11) is -2.03. The van der Waals surface area contributed by atoms with Crippen LogP contribution < -0.4 is 0 Å². The number of nitrogens with zero attached hydrogens (tertiary/aromatic N) is 3. The van der Waals surface area contributed by atoms with E-state index < -0.39 is 21.7 Å². The van der Waals surface area contributed by atoms with Gasteiger partial charge in [0.1, 0.15) is 16.5 Å². The maximum atomic E-state index is 13.9. The van der Waals surface area contributed by atoms with E-state index in [0.717, 1.165) is 18.2 Å². The first kappa shape index (κ1) is 17.0. The first-order valence-electron chi connectivity index (χ1n) is 7.75. The molecule has 0 aliphatic carbocycles. The van der Waals surface area contributed by atoms with Gasteiger partial charge in [0.15, 0.2) is 0 Å². The lowest BCUT2D eigenvalue weighted by molar-refractivity contribution is 0.381. The topological polar surface area (TPSA) is 55.2 Å². The Bertz CT molecular complexity index is 864. The Morgan fingerprint density at radius 1 is 1.33 bits per heavy atom. The molecule has 1 atom stereocenters. The molecule has 1 aromatic carbocycles. The summed E-state index contributed by atoms with van der Waals surface area (Å²) in [4.78, 5) is 0.164. The van der Waals surface area contributed by atoms with E-state index in [1.54, 1.807) is 14.0 Å². The van der Waals surface area contributed by atoms with E-state index >= 15 is 0 Å². The maximum absolute atomic E-state index is 13.9. The number of halogens is 2. The van der Waals surface area contributed by atoms with Crippen molar-refractivity contribution < 1.29 is 17.2 Å². The first-order valence-corrected chi connectivity index (χ1v) is 9.19. The number of sulfonamides is 1. The van der Waals surface area contributed by atoms with Crippen molar-refractivity contribution in [2.75, 3.05) is 6.54 Å². The van der Waals surface area contributed by atoms with Gasteiger partial charge in [-0.05, 0) is 49.9 Å². The standard InChI is InChI=1S/C16H19F2N3O2S/c1-11-16(10-19-20(11)2)24(22,23)21-7-3-4-14(21)9-12-8-13(17)5-6-15(12)18/h5-6,8,10,14H,3-4,7,9H2,1-2H3. The molecule has 1 fully saturated rings. The fourth-order valence-electron chi connectivity index (χ4n) is 3.14. The Balaban J connectivity index is 1.90. The molecule has 3 rings (SSSR count). The van der Waals surface area contributed by atoms with Crippen molar-refractivity contribution in [1.82, 2.24) is 14.1 Å². The van der Waals surface area contributed by atoms with Crippen LogP contribution in [0.2, 0.25) is 0 Å². The number of aryl methyl sites for hydroxylation is 1. The lowest BCUT2D eigenvalue weighted by Crippen LogP contribution is -2.37. The summed E-state index contributed by atoms with van der Waals surface area (Å²) in [6, 6.07) is 2.88. The molecular formula is C16H19F2N3O2S. The van der Waals surface area contributed by atoms with E-state index in [2.05, 4.69) is 5.10 Å². The lowest BCUT2D eigenvalue weighted by atomic mass is 10.0. The SMILES string of the molecule is Cc1c(S(=O)(=O)N2CCCC2Cc2cc(F)ccc2F)cnn1C. The van der Waals surface area contributed by atoms with Gasteiger partial charge < -0.3 is 0 Å². The second-order valence-electron chi connectivity index (χ2n) is 6.07. The van der Waals surface area contributed by atoms with Crippen LogP contribution in [0.5, 0.6) is 0 Å². The number of benzene rings is 1. The van der Waals surface area contributed by atoms with Gasteiger partial charge in [0.05, 0.1) is 11.9 Å². The Labute approximate surface area is 139 Å². The summed E-state index contributed by atoms with van der Waals surface area (Å²) in [6.45, 7) is 2.06. The molecule has 24 heavy (non-hydrogen) atoms. The van der Waals surface area contributed by atoms with Crippen LogP contribution in [-0.2, 0) is 23.5 Å². The van der Waals surface area contributed by atoms with E-state index in [4.69, 9.17) is 0 Å². The molecule has 0 bridgehead atoms. The molecule has 1 saturated heterocycles. The van der Waals surface area contributed by atoms with Crippen molar-refractivity contribution in [3.05, 3.63) is 47.3 Å². The third-order valence-electron chi connectivity index (χ3n) is 4.56. The number of rotatable bonds is 4. The molecule has 0 saturated carbocycles. The molecule has 5 nitrogen and oxygen atoms in total. The highest BCUT2D eigenvalue weighted by molar-refractivity contribution is 7.89. The molecule has 0 spiro atoms. The van der Waals surface area contributed by atoms with Gasteiger partial charge in [0, 0.05) is 19.6 Å². The lowest BCUT2D eigenvalue weighted by Gasteiger charge is -2.24. The van der Waals surface area contributed by atoms with Crippen LogP contribution in [0.15, 0.2) is 29.3 Å². The zero-order valence-electron chi connectivity index (χ0n) is 13.5. The predicted octanol–water partition coefficient (Wildman–Crippen LogP) is 2.40.